The highest BCUT2D eigenvalue weighted by Crippen LogP contribution is 2.22. The Balaban J connectivity index is 1.57. The Morgan fingerprint density at radius 2 is 2.47 bits per heavy atom. The summed E-state index contributed by atoms with van der Waals surface area (Å²) in [6.07, 6.45) is 1.37. The van der Waals surface area contributed by atoms with E-state index >= 15 is 0 Å². The molecule has 1 fully saturated rings. The van der Waals surface area contributed by atoms with Gasteiger partial charge in [0.25, 0.3) is 5.89 Å². The zero-order valence-corrected chi connectivity index (χ0v) is 11.0. The van der Waals surface area contributed by atoms with Crippen LogP contribution in [0.15, 0.2) is 21.9 Å². The fraction of sp³-hybridized carbons (Fsp3) is 0.417. The van der Waals surface area contributed by atoms with Crippen molar-refractivity contribution in [2.75, 3.05) is 6.61 Å². The van der Waals surface area contributed by atoms with Crippen LogP contribution in [0.25, 0.3) is 10.8 Å². The molecule has 19 heavy (non-hydrogen) atoms. The number of amides is 1. The first-order valence-corrected chi connectivity index (χ1v) is 6.96. The summed E-state index contributed by atoms with van der Waals surface area (Å²) < 4.78 is 10.8. The monoisotopic (exact) mass is 279 g/mol. The Morgan fingerprint density at radius 1 is 1.53 bits per heavy atom. The van der Waals surface area contributed by atoms with E-state index in [4.69, 9.17) is 9.15 Å². The molecule has 0 bridgehead atoms. The first-order valence-electron chi connectivity index (χ1n) is 6.08. The van der Waals surface area contributed by atoms with Gasteiger partial charge in [-0.2, -0.15) is 0 Å². The molecule has 1 aliphatic heterocycles. The number of thiophene rings is 1. The molecule has 0 aromatic carbocycles. The molecule has 1 amide bonds. The molecular formula is C12H13N3O3S. The largest absolute Gasteiger partial charge is 0.418 e. The highest BCUT2D eigenvalue weighted by atomic mass is 32.1. The van der Waals surface area contributed by atoms with E-state index in [2.05, 4.69) is 15.5 Å². The maximum atomic E-state index is 11.7. The standard InChI is InChI=1S/C12H13N3O3S/c16-11(8-3-1-5-17-8)13-7-10-14-15-12(18-10)9-4-2-6-19-9/h2,4,6,8H,1,3,5,7H2,(H,13,16). The van der Waals surface area contributed by atoms with Gasteiger partial charge < -0.3 is 14.5 Å². The van der Waals surface area contributed by atoms with Gasteiger partial charge in [-0.25, -0.2) is 0 Å². The van der Waals surface area contributed by atoms with Crippen LogP contribution < -0.4 is 5.32 Å². The molecule has 1 atom stereocenters. The summed E-state index contributed by atoms with van der Waals surface area (Å²) in [4.78, 5) is 12.7. The fourth-order valence-electron chi connectivity index (χ4n) is 1.89. The van der Waals surface area contributed by atoms with Crippen LogP contribution in [0, 0.1) is 0 Å². The smallest absolute Gasteiger partial charge is 0.257 e. The van der Waals surface area contributed by atoms with Crippen molar-refractivity contribution < 1.29 is 13.9 Å². The zero-order chi connectivity index (χ0) is 13.1. The Kier molecular flexibility index (Phi) is 3.56. The minimum atomic E-state index is -0.334. The number of ether oxygens (including phenoxy) is 1. The van der Waals surface area contributed by atoms with E-state index in [9.17, 15) is 4.79 Å². The minimum absolute atomic E-state index is 0.117. The van der Waals surface area contributed by atoms with Gasteiger partial charge in [0.15, 0.2) is 0 Å². The van der Waals surface area contributed by atoms with Crippen molar-refractivity contribution in [2.45, 2.75) is 25.5 Å². The van der Waals surface area contributed by atoms with Crippen LogP contribution in [0.5, 0.6) is 0 Å². The molecule has 7 heteroatoms. The summed E-state index contributed by atoms with van der Waals surface area (Å²) in [6.45, 7) is 0.887. The Labute approximate surface area is 113 Å². The molecule has 1 N–H and O–H groups in total. The van der Waals surface area contributed by atoms with Crippen LogP contribution >= 0.6 is 11.3 Å². The maximum absolute atomic E-state index is 11.7. The lowest BCUT2D eigenvalue weighted by Gasteiger charge is -2.08. The number of hydrogen-bond donors (Lipinski definition) is 1. The molecule has 3 heterocycles. The molecule has 6 nitrogen and oxygen atoms in total. The van der Waals surface area contributed by atoms with Crippen molar-refractivity contribution in [2.24, 2.45) is 0 Å². The molecule has 0 radical (unpaired) electrons. The molecule has 0 saturated carbocycles. The van der Waals surface area contributed by atoms with Gasteiger partial charge in [0.05, 0.1) is 11.4 Å². The van der Waals surface area contributed by atoms with Gasteiger partial charge in [0.1, 0.15) is 6.10 Å². The number of nitrogens with zero attached hydrogens (tertiary/aromatic N) is 2. The normalized spacial score (nSPS) is 18.6. The number of aromatic nitrogens is 2. The van der Waals surface area contributed by atoms with E-state index in [0.29, 0.717) is 18.4 Å². The predicted octanol–water partition coefficient (Wildman–Crippen LogP) is 1.59. The number of carbonyl (C=O) groups is 1. The Bertz CT molecular complexity index is 546. The average Bonchev–Trinajstić information content (AvgIpc) is 3.14. The molecular weight excluding hydrogens is 266 g/mol. The van der Waals surface area contributed by atoms with Gasteiger partial charge in [-0.05, 0) is 24.3 Å². The van der Waals surface area contributed by atoms with Crippen LogP contribution in [-0.4, -0.2) is 28.8 Å². The summed E-state index contributed by atoms with van der Waals surface area (Å²) in [5.41, 5.74) is 0. The first kappa shape index (κ1) is 12.3. The molecule has 2 aromatic heterocycles. The van der Waals surface area contributed by atoms with Gasteiger partial charge in [-0.1, -0.05) is 6.07 Å². The highest BCUT2D eigenvalue weighted by Gasteiger charge is 2.23. The predicted molar refractivity (Wildman–Crippen MR) is 68.4 cm³/mol. The topological polar surface area (TPSA) is 77.3 Å². The SMILES string of the molecule is O=C(NCc1nnc(-c2cccs2)o1)C1CCCO1. The summed E-state index contributed by atoms with van der Waals surface area (Å²) in [5.74, 6) is 0.763. The second-order valence-electron chi connectivity index (χ2n) is 4.20. The minimum Gasteiger partial charge on any atom is -0.418 e. The van der Waals surface area contributed by atoms with Gasteiger partial charge in [0, 0.05) is 6.61 Å². The van der Waals surface area contributed by atoms with Crippen molar-refractivity contribution in [1.82, 2.24) is 15.5 Å². The van der Waals surface area contributed by atoms with Crippen LogP contribution in [-0.2, 0) is 16.1 Å². The second-order valence-corrected chi connectivity index (χ2v) is 5.15. The number of nitrogens with one attached hydrogen (secondary N) is 1. The average molecular weight is 279 g/mol. The third-order valence-corrected chi connectivity index (χ3v) is 3.69. The van der Waals surface area contributed by atoms with Crippen molar-refractivity contribution >= 4 is 17.2 Å². The molecule has 1 aliphatic rings. The summed E-state index contributed by atoms with van der Waals surface area (Å²) in [5, 5.41) is 12.5. The van der Waals surface area contributed by atoms with E-state index in [1.54, 1.807) is 0 Å². The van der Waals surface area contributed by atoms with Gasteiger partial charge in [0.2, 0.25) is 11.8 Å². The van der Waals surface area contributed by atoms with Crippen molar-refractivity contribution in [3.05, 3.63) is 23.4 Å². The van der Waals surface area contributed by atoms with Crippen molar-refractivity contribution in [3.8, 4) is 10.8 Å². The van der Waals surface area contributed by atoms with E-state index in [0.717, 1.165) is 17.7 Å². The van der Waals surface area contributed by atoms with Gasteiger partial charge >= 0.3 is 0 Å². The third kappa shape index (κ3) is 2.82. The van der Waals surface area contributed by atoms with Crippen LogP contribution in [0.1, 0.15) is 18.7 Å². The molecule has 1 saturated heterocycles. The Morgan fingerprint density at radius 3 is 3.21 bits per heavy atom. The van der Waals surface area contributed by atoms with Crippen molar-refractivity contribution in [3.63, 3.8) is 0 Å². The van der Waals surface area contributed by atoms with Crippen LogP contribution in [0.3, 0.4) is 0 Å². The molecule has 0 aliphatic carbocycles. The second kappa shape index (κ2) is 5.50. The molecule has 2 aromatic rings. The van der Waals surface area contributed by atoms with E-state index in [1.807, 2.05) is 17.5 Å². The van der Waals surface area contributed by atoms with Crippen LogP contribution in [0.4, 0.5) is 0 Å². The summed E-state index contributed by atoms with van der Waals surface area (Å²) >= 11 is 1.53. The maximum Gasteiger partial charge on any atom is 0.257 e. The first-order chi connectivity index (χ1) is 9.33. The van der Waals surface area contributed by atoms with Gasteiger partial charge in [-0.15, -0.1) is 21.5 Å². The molecule has 1 unspecified atom stereocenters. The number of hydrogen-bond acceptors (Lipinski definition) is 6. The summed E-state index contributed by atoms with van der Waals surface area (Å²) in [6, 6.07) is 3.83. The van der Waals surface area contributed by atoms with Crippen LogP contribution in [0.2, 0.25) is 0 Å². The number of carbonyl (C=O) groups excluding carboxylic acids is 1. The zero-order valence-electron chi connectivity index (χ0n) is 10.2. The summed E-state index contributed by atoms with van der Waals surface area (Å²) in [7, 11) is 0. The third-order valence-electron chi connectivity index (χ3n) is 2.83. The van der Waals surface area contributed by atoms with E-state index in [-0.39, 0.29) is 18.6 Å². The lowest BCUT2D eigenvalue weighted by atomic mass is 10.2. The van der Waals surface area contributed by atoms with Crippen molar-refractivity contribution in [1.29, 1.82) is 0 Å². The molecule has 3 rings (SSSR count). The lowest BCUT2D eigenvalue weighted by molar-refractivity contribution is -0.130. The Hall–Kier alpha value is -1.73. The fourth-order valence-corrected chi connectivity index (χ4v) is 2.53. The quantitative estimate of drug-likeness (QED) is 0.919. The highest BCUT2D eigenvalue weighted by molar-refractivity contribution is 7.13. The molecule has 100 valence electrons. The number of rotatable bonds is 4. The lowest BCUT2D eigenvalue weighted by Crippen LogP contribution is -2.33. The van der Waals surface area contributed by atoms with Gasteiger partial charge in [-0.3, -0.25) is 4.79 Å². The van der Waals surface area contributed by atoms with E-state index < -0.39 is 0 Å². The molecule has 0 spiro atoms. The van der Waals surface area contributed by atoms with E-state index in [1.165, 1.54) is 11.3 Å².